The fourth-order valence-corrected chi connectivity index (χ4v) is 5.16. The zero-order chi connectivity index (χ0) is 27.7. The van der Waals surface area contributed by atoms with E-state index >= 15 is 0 Å². The third-order valence-electron chi connectivity index (χ3n) is 7.58. The molecule has 0 aliphatic carbocycles. The maximum absolute atomic E-state index is 14.4. The molecule has 0 aromatic heterocycles. The molecule has 1 N–H and O–H groups in total. The van der Waals surface area contributed by atoms with Crippen molar-refractivity contribution < 1.29 is 14.0 Å². The fraction of sp³-hybridized carbons (Fsp3) is 0.562. The summed E-state index contributed by atoms with van der Waals surface area (Å²) < 4.78 is 14.4. The number of benzene rings is 2. The molecule has 1 aliphatic rings. The van der Waals surface area contributed by atoms with E-state index in [1.807, 2.05) is 43.0 Å². The summed E-state index contributed by atoms with van der Waals surface area (Å²) in [5.74, 6) is 0.184. The van der Waals surface area contributed by atoms with E-state index in [1.54, 1.807) is 19.1 Å². The Balaban J connectivity index is 1.87. The molecule has 2 aromatic rings. The molecule has 0 saturated heterocycles. The number of fused-ring (bicyclic) bond motifs is 1. The summed E-state index contributed by atoms with van der Waals surface area (Å²) in [6.45, 7) is 13.7. The number of carbonyl (C=O) groups excluding carboxylic acids is 2. The Morgan fingerprint density at radius 1 is 1.00 bits per heavy atom. The third-order valence-corrected chi connectivity index (χ3v) is 7.58. The summed E-state index contributed by atoms with van der Waals surface area (Å²) in [5.41, 5.74) is 2.49. The van der Waals surface area contributed by atoms with E-state index in [4.69, 9.17) is 0 Å². The highest BCUT2D eigenvalue weighted by Crippen LogP contribution is 2.28. The Labute approximate surface area is 228 Å². The first-order chi connectivity index (χ1) is 18.1. The van der Waals surface area contributed by atoms with Gasteiger partial charge < -0.3 is 10.2 Å². The SMILES string of the molecule is CC(=O)N1CCCCCCCN(CCC(C)C)Cc2cc(C(=O)NCC(C)(C)c3ccccc3F)ccc21. The van der Waals surface area contributed by atoms with Gasteiger partial charge in [0.1, 0.15) is 5.82 Å². The predicted octanol–water partition coefficient (Wildman–Crippen LogP) is 6.70. The van der Waals surface area contributed by atoms with Crippen molar-refractivity contribution in [3.63, 3.8) is 0 Å². The van der Waals surface area contributed by atoms with E-state index in [-0.39, 0.29) is 17.6 Å². The van der Waals surface area contributed by atoms with Gasteiger partial charge in [0.05, 0.1) is 0 Å². The van der Waals surface area contributed by atoms with Crippen molar-refractivity contribution >= 4 is 17.5 Å². The van der Waals surface area contributed by atoms with E-state index < -0.39 is 5.41 Å². The summed E-state index contributed by atoms with van der Waals surface area (Å²) in [6, 6.07) is 12.4. The predicted molar refractivity (Wildman–Crippen MR) is 154 cm³/mol. The maximum Gasteiger partial charge on any atom is 0.251 e. The number of amides is 2. The number of halogens is 1. The van der Waals surface area contributed by atoms with Crippen LogP contribution in [0.15, 0.2) is 42.5 Å². The maximum atomic E-state index is 14.4. The van der Waals surface area contributed by atoms with Crippen LogP contribution in [0.25, 0.3) is 0 Å². The van der Waals surface area contributed by atoms with Crippen molar-refractivity contribution in [3.05, 3.63) is 65.0 Å². The number of nitrogens with one attached hydrogen (secondary N) is 1. The number of rotatable bonds is 7. The lowest BCUT2D eigenvalue weighted by Crippen LogP contribution is -2.37. The van der Waals surface area contributed by atoms with Gasteiger partial charge in [-0.1, -0.05) is 65.2 Å². The van der Waals surface area contributed by atoms with Crippen molar-refractivity contribution in [1.82, 2.24) is 10.2 Å². The standard InChI is InChI=1S/C32H46FN3O2/c1-24(2)17-20-35-18-11-7-6-8-12-19-36(25(3)37)30-16-15-26(21-27(30)22-35)31(38)34-23-32(4,5)28-13-9-10-14-29(28)33/h9-10,13-16,21,24H,6-8,11-12,17-20,22-23H2,1-5H3,(H,34,38). The van der Waals surface area contributed by atoms with Crippen LogP contribution in [0.3, 0.4) is 0 Å². The van der Waals surface area contributed by atoms with Gasteiger partial charge in [-0.25, -0.2) is 4.39 Å². The molecule has 0 unspecified atom stereocenters. The quantitative estimate of drug-likeness (QED) is 0.439. The Kier molecular flexibility index (Phi) is 10.9. The molecule has 1 heterocycles. The molecular weight excluding hydrogens is 477 g/mol. The Hall–Kier alpha value is -2.73. The van der Waals surface area contributed by atoms with Gasteiger partial charge in [0.2, 0.25) is 5.91 Å². The zero-order valence-electron chi connectivity index (χ0n) is 24.0. The van der Waals surface area contributed by atoms with E-state index in [1.165, 1.54) is 18.9 Å². The normalized spacial score (nSPS) is 15.9. The lowest BCUT2D eigenvalue weighted by Gasteiger charge is -2.30. The molecular formula is C32H46FN3O2. The lowest BCUT2D eigenvalue weighted by molar-refractivity contribution is -0.116. The molecule has 0 spiro atoms. The molecule has 0 saturated carbocycles. The molecule has 2 amide bonds. The molecule has 0 fully saturated rings. The van der Waals surface area contributed by atoms with Crippen LogP contribution in [-0.4, -0.2) is 42.9 Å². The molecule has 0 atom stereocenters. The highest BCUT2D eigenvalue weighted by Gasteiger charge is 2.25. The lowest BCUT2D eigenvalue weighted by atomic mass is 9.84. The molecule has 1 aliphatic heterocycles. The smallest absolute Gasteiger partial charge is 0.251 e. The van der Waals surface area contributed by atoms with Gasteiger partial charge in [0.15, 0.2) is 0 Å². The van der Waals surface area contributed by atoms with Crippen LogP contribution in [-0.2, 0) is 16.8 Å². The van der Waals surface area contributed by atoms with Crippen LogP contribution >= 0.6 is 0 Å². The second kappa shape index (κ2) is 13.9. The molecule has 3 rings (SSSR count). The summed E-state index contributed by atoms with van der Waals surface area (Å²) >= 11 is 0. The average molecular weight is 524 g/mol. The number of hydrogen-bond acceptors (Lipinski definition) is 3. The van der Waals surface area contributed by atoms with Gasteiger partial charge in [0, 0.05) is 43.2 Å². The van der Waals surface area contributed by atoms with Crippen molar-refractivity contribution in [3.8, 4) is 0 Å². The van der Waals surface area contributed by atoms with E-state index in [2.05, 4.69) is 24.1 Å². The van der Waals surface area contributed by atoms with Crippen molar-refractivity contribution in [2.75, 3.05) is 31.1 Å². The van der Waals surface area contributed by atoms with Crippen LogP contribution in [0, 0.1) is 11.7 Å². The molecule has 0 bridgehead atoms. The second-order valence-electron chi connectivity index (χ2n) is 11.8. The largest absolute Gasteiger partial charge is 0.351 e. The van der Waals surface area contributed by atoms with Crippen LogP contribution in [0.5, 0.6) is 0 Å². The molecule has 2 aromatic carbocycles. The van der Waals surface area contributed by atoms with Gasteiger partial charge in [-0.2, -0.15) is 0 Å². The topological polar surface area (TPSA) is 52.7 Å². The number of hydrogen-bond donors (Lipinski definition) is 1. The van der Waals surface area contributed by atoms with E-state index in [9.17, 15) is 14.0 Å². The Bertz CT molecular complexity index is 1080. The van der Waals surface area contributed by atoms with Gasteiger partial charge in [-0.05, 0) is 73.7 Å². The monoisotopic (exact) mass is 523 g/mol. The minimum atomic E-state index is -0.559. The second-order valence-corrected chi connectivity index (χ2v) is 11.8. The average Bonchev–Trinajstić information content (AvgIpc) is 2.86. The first-order valence-electron chi connectivity index (χ1n) is 14.2. The third kappa shape index (κ3) is 8.39. The van der Waals surface area contributed by atoms with Gasteiger partial charge in [-0.15, -0.1) is 0 Å². The molecule has 208 valence electrons. The summed E-state index contributed by atoms with van der Waals surface area (Å²) in [7, 11) is 0. The molecule has 0 radical (unpaired) electrons. The minimum absolute atomic E-state index is 0.0286. The Morgan fingerprint density at radius 2 is 1.68 bits per heavy atom. The molecule has 38 heavy (non-hydrogen) atoms. The van der Waals surface area contributed by atoms with Gasteiger partial charge in [-0.3, -0.25) is 14.5 Å². The molecule has 6 heteroatoms. The number of nitrogens with zero attached hydrogens (tertiary/aromatic N) is 2. The number of anilines is 1. The van der Waals surface area contributed by atoms with E-state index in [0.29, 0.717) is 36.7 Å². The highest BCUT2D eigenvalue weighted by molar-refractivity contribution is 5.97. The van der Waals surface area contributed by atoms with Crippen LogP contribution in [0.4, 0.5) is 10.1 Å². The fourth-order valence-electron chi connectivity index (χ4n) is 5.16. The van der Waals surface area contributed by atoms with E-state index in [0.717, 1.165) is 50.0 Å². The van der Waals surface area contributed by atoms with Crippen LogP contribution < -0.4 is 10.2 Å². The minimum Gasteiger partial charge on any atom is -0.351 e. The first-order valence-corrected chi connectivity index (χ1v) is 14.2. The zero-order valence-corrected chi connectivity index (χ0v) is 24.0. The Morgan fingerprint density at radius 3 is 2.37 bits per heavy atom. The van der Waals surface area contributed by atoms with Gasteiger partial charge >= 0.3 is 0 Å². The number of carbonyl (C=O) groups is 2. The first kappa shape index (κ1) is 29.8. The summed E-state index contributed by atoms with van der Waals surface area (Å²) in [5, 5.41) is 3.03. The van der Waals surface area contributed by atoms with Crippen LogP contribution in [0.1, 0.15) is 94.6 Å². The van der Waals surface area contributed by atoms with Gasteiger partial charge in [0.25, 0.3) is 5.91 Å². The summed E-state index contributed by atoms with van der Waals surface area (Å²) in [4.78, 5) is 30.3. The van der Waals surface area contributed by atoms with Crippen molar-refractivity contribution in [2.45, 2.75) is 85.1 Å². The van der Waals surface area contributed by atoms with Crippen molar-refractivity contribution in [1.29, 1.82) is 0 Å². The van der Waals surface area contributed by atoms with Crippen LogP contribution in [0.2, 0.25) is 0 Å². The van der Waals surface area contributed by atoms with Crippen molar-refractivity contribution in [2.24, 2.45) is 5.92 Å². The summed E-state index contributed by atoms with van der Waals surface area (Å²) in [6.07, 6.45) is 6.75. The molecule has 5 nitrogen and oxygen atoms in total. The highest BCUT2D eigenvalue weighted by atomic mass is 19.1.